The minimum Gasteiger partial charge on any atom is -0.464 e. The van der Waals surface area contributed by atoms with Crippen LogP contribution in [0.2, 0.25) is 0 Å². The summed E-state index contributed by atoms with van der Waals surface area (Å²) in [7, 11) is 1.74. The first-order chi connectivity index (χ1) is 36.0. The fourth-order valence-corrected chi connectivity index (χ4v) is 13.4. The van der Waals surface area contributed by atoms with Crippen molar-refractivity contribution in [3.05, 3.63) is 52.1 Å². The minimum absolute atomic E-state index is 0.0230. The van der Waals surface area contributed by atoms with Crippen molar-refractivity contribution in [3.63, 3.8) is 0 Å². The summed E-state index contributed by atoms with van der Waals surface area (Å²) in [6, 6.07) is 7.38. The predicted molar refractivity (Wildman–Crippen MR) is 288 cm³/mol. The van der Waals surface area contributed by atoms with Gasteiger partial charge in [-0.25, -0.2) is 10.4 Å². The number of nitrogens with zero attached hydrogens (tertiary/aromatic N) is 7. The number of carbonyl (C=O) groups is 3. The van der Waals surface area contributed by atoms with Crippen LogP contribution in [0.3, 0.4) is 0 Å². The highest BCUT2D eigenvalue weighted by atomic mass is 32.1. The Bertz CT molecular complexity index is 2740. The molecule has 17 nitrogen and oxygen atoms in total. The van der Waals surface area contributed by atoms with Crippen LogP contribution < -0.4 is 15.6 Å². The maximum Gasteiger partial charge on any atom is 0.324 e. The lowest BCUT2D eigenvalue weighted by molar-refractivity contribution is -0.163. The maximum atomic E-state index is 15.1. The second kappa shape index (κ2) is 21.4. The van der Waals surface area contributed by atoms with Crippen molar-refractivity contribution in [1.82, 2.24) is 40.1 Å². The summed E-state index contributed by atoms with van der Waals surface area (Å²) in [5, 5.41) is 8.59. The highest BCUT2D eigenvalue weighted by Gasteiger charge is 2.47. The molecule has 2 N–H and O–H groups in total. The van der Waals surface area contributed by atoms with Crippen molar-refractivity contribution in [2.75, 3.05) is 84.3 Å². The Kier molecular flexibility index (Phi) is 15.0. The lowest BCUT2D eigenvalue weighted by atomic mass is 9.84. The van der Waals surface area contributed by atoms with Crippen LogP contribution in [0.1, 0.15) is 115 Å². The van der Waals surface area contributed by atoms with Gasteiger partial charge in [0.15, 0.2) is 0 Å². The molecule has 1 aromatic carbocycles. The number of nitrogens with one attached hydrogen (secondary N) is 2. The van der Waals surface area contributed by atoms with E-state index in [1.54, 1.807) is 7.11 Å². The van der Waals surface area contributed by atoms with Gasteiger partial charge < -0.3 is 38.5 Å². The Labute approximate surface area is 446 Å². The van der Waals surface area contributed by atoms with Gasteiger partial charge in [-0.2, -0.15) is 0 Å². The Morgan fingerprint density at radius 3 is 2.52 bits per heavy atom. The quantitative estimate of drug-likeness (QED) is 0.141. The topological polar surface area (TPSA) is 165 Å². The first kappa shape index (κ1) is 52.5. The lowest BCUT2D eigenvalue weighted by Gasteiger charge is -2.46. The second-order valence-electron chi connectivity index (χ2n) is 24.1. The van der Waals surface area contributed by atoms with Crippen molar-refractivity contribution < 1.29 is 38.1 Å². The van der Waals surface area contributed by atoms with E-state index in [1.165, 1.54) is 29.2 Å². The highest BCUT2D eigenvalue weighted by Crippen LogP contribution is 2.44. The third-order valence-corrected chi connectivity index (χ3v) is 17.8. The zero-order valence-electron chi connectivity index (χ0n) is 45.4. The molecule has 7 aliphatic rings. The average Bonchev–Trinajstić information content (AvgIpc) is 4.07. The van der Waals surface area contributed by atoms with Crippen LogP contribution in [0.15, 0.2) is 35.8 Å². The number of cyclic esters (lactones) is 1. The predicted octanol–water partition coefficient (Wildman–Crippen LogP) is 6.93. The molecule has 1 aliphatic carbocycles. The van der Waals surface area contributed by atoms with E-state index in [1.807, 2.05) is 13.1 Å². The fraction of sp³-hybridized carbons (Fsp3) is 0.667. The number of hydrogen-bond donors (Lipinski definition) is 2. The minimum atomic E-state index is -1.00. The first-order valence-corrected chi connectivity index (χ1v) is 28.7. The largest absolute Gasteiger partial charge is 0.464 e. The number of thiazole rings is 1. The molecule has 6 fully saturated rings. The maximum absolute atomic E-state index is 15.1. The van der Waals surface area contributed by atoms with Crippen molar-refractivity contribution >= 4 is 45.7 Å². The fourth-order valence-electron chi connectivity index (χ4n) is 12.4. The van der Waals surface area contributed by atoms with Gasteiger partial charge in [0.05, 0.1) is 72.6 Å². The van der Waals surface area contributed by atoms with Crippen molar-refractivity contribution in [3.8, 4) is 22.5 Å². The zero-order chi connectivity index (χ0) is 52.3. The van der Waals surface area contributed by atoms with Gasteiger partial charge in [0.25, 0.3) is 5.91 Å². The van der Waals surface area contributed by atoms with E-state index in [4.69, 9.17) is 33.7 Å². The summed E-state index contributed by atoms with van der Waals surface area (Å²) >= 11 is 1.51. The number of piperazine rings is 1. The number of methoxy groups -OCH3 is 1. The monoisotopic (exact) mass is 1050 g/mol. The van der Waals surface area contributed by atoms with Gasteiger partial charge in [-0.15, -0.1) is 11.3 Å². The molecule has 5 saturated heterocycles. The van der Waals surface area contributed by atoms with Crippen LogP contribution in [0.5, 0.6) is 0 Å². The number of esters is 1. The van der Waals surface area contributed by atoms with Crippen LogP contribution in [0.25, 0.3) is 33.4 Å². The number of aromatic nitrogens is 3. The molecule has 1 saturated carbocycles. The standard InChI is InChI=1S/C57H79N9O8S/c1-34-29-64(30-34)50-48(60-52(67)51-35(2)31-72-51)54(68)66-16-9-10-44(61-66)55(69)73-33-56(4,5)27-43-41-24-37(45-32-75-53(50)59-45)11-14-46(41)65(21-23-71-40-15-22-74-57(6,7)26-40)49(43)42-25-39(28-58-47(42)36(3)70-8)63-19-17-62(18-20-63)38-12-13-38/h11,14,24-25,28,32,34-36,38,40,44,48,50-51,61H,9-10,12-13,15-23,26-27,29-31,33H2,1-8H3,(H,60,67)/t35-,36-,40-,44-,48-,50-,51-/m0/s1. The highest BCUT2D eigenvalue weighted by molar-refractivity contribution is 7.10. The molecule has 7 atom stereocenters. The van der Waals surface area contributed by atoms with E-state index in [9.17, 15) is 9.59 Å². The normalized spacial score (nSPS) is 28.3. The molecule has 11 rings (SSSR count). The van der Waals surface area contributed by atoms with Crippen LogP contribution in [-0.4, -0.2) is 162 Å². The number of fused-ring (bicyclic) bond motifs is 6. The van der Waals surface area contributed by atoms with Crippen molar-refractivity contribution in [2.24, 2.45) is 17.3 Å². The number of benzene rings is 1. The summed E-state index contributed by atoms with van der Waals surface area (Å²) < 4.78 is 33.5. The molecule has 0 radical (unpaired) electrons. The SMILES string of the molecule is CO[C@@H](C)c1ncc(N2CCN(C3CC3)CC2)cc1-c1c2c3cc(ccc3n1CCO[C@H]1CCOC(C)(C)C1)-c1csc(n1)[C@@H](N1CC(C)C1)[C@H](NC(=O)[C@H]1OC[C@@H]1C)C(=O)N1CCC[C@H](N1)C(=O)OCC(C)(C)C2. The summed E-state index contributed by atoms with van der Waals surface area (Å²) in [5.41, 5.74) is 10.4. The van der Waals surface area contributed by atoms with E-state index in [0.29, 0.717) is 58.1 Å². The molecule has 0 spiro atoms. The number of carbonyl (C=O) groups excluding carboxylic acids is 3. The zero-order valence-corrected chi connectivity index (χ0v) is 46.2. The van der Waals surface area contributed by atoms with Gasteiger partial charge in [-0.05, 0) is 89.0 Å². The second-order valence-corrected chi connectivity index (χ2v) is 25.0. The van der Waals surface area contributed by atoms with Crippen LogP contribution in [-0.2, 0) is 51.0 Å². The molecule has 2 amide bonds. The van der Waals surface area contributed by atoms with Gasteiger partial charge in [0, 0.05) is 117 Å². The number of rotatable bonds is 12. The van der Waals surface area contributed by atoms with Crippen molar-refractivity contribution in [2.45, 2.75) is 148 Å². The smallest absolute Gasteiger partial charge is 0.324 e. The average molecular weight is 1050 g/mol. The van der Waals surface area contributed by atoms with E-state index in [0.717, 1.165) is 114 Å². The number of pyridine rings is 1. The van der Waals surface area contributed by atoms with E-state index < -0.39 is 35.6 Å². The summed E-state index contributed by atoms with van der Waals surface area (Å²) in [4.78, 5) is 61.5. The summed E-state index contributed by atoms with van der Waals surface area (Å²) in [6.07, 6.45) is 7.05. The Hall–Kier alpha value is -4.53. The number of amides is 2. The molecule has 4 aromatic rings. The summed E-state index contributed by atoms with van der Waals surface area (Å²) in [6.45, 7) is 23.0. The lowest BCUT2D eigenvalue weighted by Crippen LogP contribution is -2.65. The molecule has 3 aromatic heterocycles. The van der Waals surface area contributed by atoms with E-state index in [2.05, 4.69) is 101 Å². The Morgan fingerprint density at radius 2 is 1.81 bits per heavy atom. The van der Waals surface area contributed by atoms with Crippen LogP contribution in [0.4, 0.5) is 5.69 Å². The van der Waals surface area contributed by atoms with Crippen molar-refractivity contribution in [1.29, 1.82) is 0 Å². The molecule has 9 heterocycles. The van der Waals surface area contributed by atoms with Crippen LogP contribution >= 0.6 is 11.3 Å². The van der Waals surface area contributed by atoms with Gasteiger partial charge in [0.1, 0.15) is 23.2 Å². The Morgan fingerprint density at radius 1 is 1.01 bits per heavy atom. The van der Waals surface area contributed by atoms with E-state index in [-0.39, 0.29) is 42.1 Å². The summed E-state index contributed by atoms with van der Waals surface area (Å²) in [5.74, 6) is -0.620. The molecule has 6 bridgehead atoms. The number of hydrazine groups is 1. The molecular formula is C57H79N9O8S. The first-order valence-electron chi connectivity index (χ1n) is 27.8. The van der Waals surface area contributed by atoms with Gasteiger partial charge >= 0.3 is 5.97 Å². The molecule has 406 valence electrons. The molecule has 0 unspecified atom stereocenters. The van der Waals surface area contributed by atoms with Gasteiger partial charge in [0.2, 0.25) is 5.91 Å². The van der Waals surface area contributed by atoms with E-state index >= 15 is 4.79 Å². The third kappa shape index (κ3) is 11.0. The Balaban J connectivity index is 1.06. The molecule has 18 heteroatoms. The number of likely N-dealkylation sites (tertiary alicyclic amines) is 1. The number of ether oxygens (including phenoxy) is 5. The number of hydrogen-bond acceptors (Lipinski definition) is 15. The molecule has 75 heavy (non-hydrogen) atoms. The van der Waals surface area contributed by atoms with Crippen LogP contribution in [0, 0.1) is 17.3 Å². The van der Waals surface area contributed by atoms with Gasteiger partial charge in [-0.3, -0.25) is 34.2 Å². The third-order valence-electron chi connectivity index (χ3n) is 16.9. The molecular weight excluding hydrogens is 971 g/mol. The van der Waals surface area contributed by atoms with Gasteiger partial charge in [-0.1, -0.05) is 33.8 Å². The number of anilines is 1. The molecule has 6 aliphatic heterocycles.